The van der Waals surface area contributed by atoms with Gasteiger partial charge in [-0.2, -0.15) is 0 Å². The molecule has 1 heterocycles. The zero-order valence-electron chi connectivity index (χ0n) is 10.9. The molecular weight excluding hydrogens is 280 g/mol. The number of para-hydroxylation sites is 1. The van der Waals surface area contributed by atoms with Gasteiger partial charge in [-0.1, -0.05) is 19.1 Å². The largest absolute Gasteiger partial charge is 0.476 e. The lowest BCUT2D eigenvalue weighted by atomic mass is 10.3. The van der Waals surface area contributed by atoms with Crippen molar-refractivity contribution < 1.29 is 18.3 Å². The highest BCUT2D eigenvalue weighted by Crippen LogP contribution is 2.21. The van der Waals surface area contributed by atoms with Crippen LogP contribution < -0.4 is 0 Å². The average Bonchev–Trinajstić information content (AvgIpc) is 2.88. The van der Waals surface area contributed by atoms with E-state index in [0.29, 0.717) is 12.1 Å². The number of hydrogen-bond acceptors (Lipinski definition) is 4. The first kappa shape index (κ1) is 14.3. The molecule has 0 saturated heterocycles. The monoisotopic (exact) mass is 294 g/mol. The lowest BCUT2D eigenvalue weighted by molar-refractivity contribution is 0.0691. The second-order valence-electron chi connectivity index (χ2n) is 4.26. The molecule has 0 radical (unpaired) electrons. The van der Waals surface area contributed by atoms with E-state index in [1.165, 1.54) is 23.2 Å². The highest BCUT2D eigenvalue weighted by Gasteiger charge is 2.19. The van der Waals surface area contributed by atoms with Crippen LogP contribution in [0.15, 0.2) is 41.7 Å². The zero-order chi connectivity index (χ0) is 14.8. The molecule has 1 aromatic heterocycles. The van der Waals surface area contributed by atoms with Crippen LogP contribution in [0.3, 0.4) is 0 Å². The van der Waals surface area contributed by atoms with Crippen LogP contribution in [0.1, 0.15) is 23.8 Å². The van der Waals surface area contributed by atoms with Crippen molar-refractivity contribution in [3.63, 3.8) is 0 Å². The predicted octanol–water partition coefficient (Wildman–Crippen LogP) is 1.75. The van der Waals surface area contributed by atoms with E-state index >= 15 is 0 Å². The number of imidazole rings is 1. The summed E-state index contributed by atoms with van der Waals surface area (Å²) >= 11 is 0. The fourth-order valence-electron chi connectivity index (χ4n) is 1.88. The summed E-state index contributed by atoms with van der Waals surface area (Å²) in [6, 6.07) is 6.47. The van der Waals surface area contributed by atoms with Crippen molar-refractivity contribution in [2.24, 2.45) is 0 Å². The van der Waals surface area contributed by atoms with E-state index in [9.17, 15) is 13.2 Å². The molecular formula is C13H14N2O4S. The number of carboxylic acid groups (broad SMARTS) is 1. The Morgan fingerprint density at radius 1 is 1.35 bits per heavy atom. The topological polar surface area (TPSA) is 89.3 Å². The molecule has 1 aromatic carbocycles. The van der Waals surface area contributed by atoms with Crippen molar-refractivity contribution in [1.29, 1.82) is 0 Å². The van der Waals surface area contributed by atoms with Gasteiger partial charge >= 0.3 is 5.97 Å². The van der Waals surface area contributed by atoms with E-state index < -0.39 is 15.8 Å². The first-order valence-corrected chi connectivity index (χ1v) is 7.70. The van der Waals surface area contributed by atoms with Crippen molar-refractivity contribution in [3.05, 3.63) is 42.5 Å². The summed E-state index contributed by atoms with van der Waals surface area (Å²) in [5.74, 6) is -1.11. The minimum absolute atomic E-state index is 0.0461. The number of rotatable bonds is 5. The summed E-state index contributed by atoms with van der Waals surface area (Å²) in [6.45, 7) is 1.79. The summed E-state index contributed by atoms with van der Waals surface area (Å²) < 4.78 is 25.8. The number of benzene rings is 1. The van der Waals surface area contributed by atoms with Crippen LogP contribution in [0.2, 0.25) is 0 Å². The standard InChI is InChI=1S/C13H14N2O4S/c1-2-7-20(18,19)12-6-4-3-5-11(12)15-8-10(13(16)17)14-9-15/h3-6,8-9H,2,7H2,1H3,(H,16,17). The molecule has 20 heavy (non-hydrogen) atoms. The van der Waals surface area contributed by atoms with Crippen molar-refractivity contribution in [1.82, 2.24) is 9.55 Å². The third kappa shape index (κ3) is 2.72. The van der Waals surface area contributed by atoms with Gasteiger partial charge in [0, 0.05) is 6.20 Å². The van der Waals surface area contributed by atoms with Gasteiger partial charge in [0.25, 0.3) is 0 Å². The van der Waals surface area contributed by atoms with Crippen molar-refractivity contribution in [3.8, 4) is 5.69 Å². The Morgan fingerprint density at radius 2 is 2.05 bits per heavy atom. The van der Waals surface area contributed by atoms with E-state index in [-0.39, 0.29) is 16.3 Å². The minimum atomic E-state index is -3.40. The van der Waals surface area contributed by atoms with E-state index in [1.807, 2.05) is 0 Å². The summed E-state index contributed by atoms with van der Waals surface area (Å²) in [5, 5.41) is 8.86. The number of carboxylic acids is 1. The Labute approximate surface area is 116 Å². The fraction of sp³-hybridized carbons (Fsp3) is 0.231. The predicted molar refractivity (Wildman–Crippen MR) is 72.9 cm³/mol. The molecule has 2 rings (SSSR count). The van der Waals surface area contributed by atoms with Crippen molar-refractivity contribution in [2.45, 2.75) is 18.2 Å². The average molecular weight is 294 g/mol. The van der Waals surface area contributed by atoms with Gasteiger partial charge in [-0.25, -0.2) is 18.2 Å². The van der Waals surface area contributed by atoms with Gasteiger partial charge in [0.1, 0.15) is 6.33 Å². The Bertz CT molecular complexity index is 734. The Hall–Kier alpha value is -2.15. The van der Waals surface area contributed by atoms with E-state index in [2.05, 4.69) is 4.98 Å². The Balaban J connectivity index is 2.55. The molecule has 0 amide bonds. The maximum absolute atomic E-state index is 12.2. The molecule has 6 nitrogen and oxygen atoms in total. The second-order valence-corrected chi connectivity index (χ2v) is 6.34. The van der Waals surface area contributed by atoms with Crippen molar-refractivity contribution >= 4 is 15.8 Å². The first-order valence-electron chi connectivity index (χ1n) is 6.05. The zero-order valence-corrected chi connectivity index (χ0v) is 11.7. The molecule has 1 N–H and O–H groups in total. The van der Waals surface area contributed by atoms with Crippen LogP contribution in [0, 0.1) is 0 Å². The summed E-state index contributed by atoms with van der Waals surface area (Å²) in [4.78, 5) is 14.7. The fourth-order valence-corrected chi connectivity index (χ4v) is 3.41. The van der Waals surface area contributed by atoms with Crippen molar-refractivity contribution in [2.75, 3.05) is 5.75 Å². The molecule has 2 aromatic rings. The maximum Gasteiger partial charge on any atom is 0.356 e. The molecule has 0 saturated carbocycles. The third-order valence-corrected chi connectivity index (χ3v) is 4.71. The highest BCUT2D eigenvalue weighted by molar-refractivity contribution is 7.91. The van der Waals surface area contributed by atoms with Crippen LogP contribution in [0.4, 0.5) is 0 Å². The van der Waals surface area contributed by atoms with Crippen LogP contribution in [0.25, 0.3) is 5.69 Å². The lowest BCUT2D eigenvalue weighted by Crippen LogP contribution is -2.09. The first-order chi connectivity index (χ1) is 9.45. The molecule has 0 spiro atoms. The minimum Gasteiger partial charge on any atom is -0.476 e. The third-order valence-electron chi connectivity index (χ3n) is 2.75. The van der Waals surface area contributed by atoms with E-state index in [4.69, 9.17) is 5.11 Å². The molecule has 106 valence electrons. The maximum atomic E-state index is 12.2. The number of carbonyl (C=O) groups is 1. The molecule has 0 bridgehead atoms. The summed E-state index contributed by atoms with van der Waals surface area (Å²) in [5.41, 5.74) is 0.272. The Kier molecular flexibility index (Phi) is 3.89. The van der Waals surface area contributed by atoms with Crippen LogP contribution in [-0.2, 0) is 9.84 Å². The molecule has 0 aliphatic carbocycles. The van der Waals surface area contributed by atoms with Gasteiger partial charge in [0.05, 0.1) is 16.3 Å². The normalized spacial score (nSPS) is 11.4. The van der Waals surface area contributed by atoms with E-state index in [1.54, 1.807) is 25.1 Å². The summed E-state index contributed by atoms with van der Waals surface area (Å²) in [7, 11) is -3.40. The van der Waals surface area contributed by atoms with Crippen LogP contribution in [-0.4, -0.2) is 34.8 Å². The molecule has 0 atom stereocenters. The quantitative estimate of drug-likeness (QED) is 0.907. The van der Waals surface area contributed by atoms with Gasteiger partial charge in [0.15, 0.2) is 15.5 Å². The van der Waals surface area contributed by atoms with Crippen LogP contribution in [0.5, 0.6) is 0 Å². The van der Waals surface area contributed by atoms with Gasteiger partial charge in [-0.05, 0) is 18.6 Å². The van der Waals surface area contributed by atoms with Gasteiger partial charge in [0.2, 0.25) is 0 Å². The lowest BCUT2D eigenvalue weighted by Gasteiger charge is -2.10. The van der Waals surface area contributed by atoms with Gasteiger partial charge in [-0.3, -0.25) is 0 Å². The number of sulfone groups is 1. The Morgan fingerprint density at radius 3 is 2.65 bits per heavy atom. The number of nitrogens with zero attached hydrogens (tertiary/aromatic N) is 2. The SMILES string of the molecule is CCCS(=O)(=O)c1ccccc1-n1cnc(C(=O)O)c1. The highest BCUT2D eigenvalue weighted by atomic mass is 32.2. The number of aromatic nitrogens is 2. The molecule has 0 aliphatic rings. The molecule has 7 heteroatoms. The number of hydrogen-bond donors (Lipinski definition) is 1. The molecule has 0 fully saturated rings. The van der Waals surface area contributed by atoms with Gasteiger partial charge < -0.3 is 9.67 Å². The molecule has 0 aliphatic heterocycles. The summed E-state index contributed by atoms with van der Waals surface area (Å²) in [6.07, 6.45) is 3.10. The smallest absolute Gasteiger partial charge is 0.356 e. The number of aromatic carboxylic acids is 1. The second kappa shape index (κ2) is 5.46. The van der Waals surface area contributed by atoms with Crippen LogP contribution >= 0.6 is 0 Å². The van der Waals surface area contributed by atoms with Gasteiger partial charge in [-0.15, -0.1) is 0 Å². The molecule has 0 unspecified atom stereocenters. The van der Waals surface area contributed by atoms with E-state index in [0.717, 1.165) is 0 Å².